The third-order valence-corrected chi connectivity index (χ3v) is 7.15. The Morgan fingerprint density at radius 2 is 1.95 bits per heavy atom. The van der Waals surface area contributed by atoms with Crippen LogP contribution in [0.2, 0.25) is 5.02 Å². The zero-order chi connectivity index (χ0) is 25.9. The third-order valence-electron chi connectivity index (χ3n) is 6.69. The fourth-order valence-electron chi connectivity index (χ4n) is 4.77. The van der Waals surface area contributed by atoms with Crippen molar-refractivity contribution in [2.45, 2.75) is 13.3 Å². The van der Waals surface area contributed by atoms with E-state index in [2.05, 4.69) is 32.3 Å². The number of hydrogen-bond acceptors (Lipinski definition) is 5. The van der Waals surface area contributed by atoms with Crippen molar-refractivity contribution >= 4 is 51.5 Å². The lowest BCUT2D eigenvalue weighted by Gasteiger charge is -2.36. The van der Waals surface area contributed by atoms with Gasteiger partial charge in [0.2, 0.25) is 5.91 Å². The maximum absolute atomic E-state index is 12.9. The van der Waals surface area contributed by atoms with Crippen molar-refractivity contribution in [3.63, 3.8) is 0 Å². The van der Waals surface area contributed by atoms with Crippen molar-refractivity contribution in [1.29, 1.82) is 0 Å². The zero-order valence-corrected chi connectivity index (χ0v) is 22.0. The number of carbonyl (C=O) groups excluding carboxylic acids is 1. The van der Waals surface area contributed by atoms with Gasteiger partial charge in [-0.2, -0.15) is 0 Å². The molecule has 4 aromatic rings. The lowest BCUT2D eigenvalue weighted by molar-refractivity contribution is -0.128. The number of amides is 1. The number of halogens is 2. The third kappa shape index (κ3) is 5.45. The number of imidazole rings is 1. The average molecular weight is 539 g/mol. The second kappa shape index (κ2) is 10.9. The van der Waals surface area contributed by atoms with Crippen LogP contribution in [0.5, 0.6) is 0 Å². The molecule has 5 rings (SSSR count). The van der Waals surface area contributed by atoms with Crippen molar-refractivity contribution < 1.29 is 4.79 Å². The number of hydrogen-bond donors (Lipinski definition) is 3. The molecule has 0 unspecified atom stereocenters. The Hall–Kier alpha value is -3.49. The van der Waals surface area contributed by atoms with Crippen LogP contribution in [0.4, 0.5) is 11.4 Å². The van der Waals surface area contributed by atoms with E-state index in [4.69, 9.17) is 28.2 Å². The minimum atomic E-state index is -0.218. The number of anilines is 2. The normalized spacial score (nSPS) is 13.8. The number of H-pyrrole nitrogens is 2. The van der Waals surface area contributed by atoms with Crippen molar-refractivity contribution in [3.8, 4) is 11.4 Å². The number of benzene rings is 2. The van der Waals surface area contributed by atoms with E-state index in [0.717, 1.165) is 47.4 Å². The first-order chi connectivity index (χ1) is 17.9. The number of aryl methyl sites for hydroxylation is 1. The molecule has 0 saturated carbocycles. The summed E-state index contributed by atoms with van der Waals surface area (Å²) in [5.74, 6) is 0.494. The van der Waals surface area contributed by atoms with Gasteiger partial charge in [0.1, 0.15) is 17.3 Å². The molecule has 1 aliphatic rings. The maximum atomic E-state index is 12.9. The van der Waals surface area contributed by atoms with E-state index < -0.39 is 0 Å². The van der Waals surface area contributed by atoms with Crippen molar-refractivity contribution in [2.24, 2.45) is 0 Å². The second-order valence-electron chi connectivity index (χ2n) is 9.15. The van der Waals surface area contributed by atoms with Crippen LogP contribution in [0, 0.1) is 6.92 Å². The number of alkyl halides is 1. The largest absolute Gasteiger partial charge is 0.384 e. The number of nitrogens with one attached hydrogen (secondary N) is 3. The number of fused-ring (bicyclic) bond motifs is 1. The highest BCUT2D eigenvalue weighted by Crippen LogP contribution is 2.29. The lowest BCUT2D eigenvalue weighted by atomic mass is 10.1. The first kappa shape index (κ1) is 25.2. The molecule has 3 heterocycles. The van der Waals surface area contributed by atoms with Gasteiger partial charge >= 0.3 is 0 Å². The predicted octanol–water partition coefficient (Wildman–Crippen LogP) is 4.42. The molecule has 1 fully saturated rings. The van der Waals surface area contributed by atoms with Gasteiger partial charge in [-0.05, 0) is 54.8 Å². The smallest absolute Gasteiger partial charge is 0.261 e. The molecule has 0 bridgehead atoms. The van der Waals surface area contributed by atoms with Crippen LogP contribution in [0.25, 0.3) is 22.4 Å². The van der Waals surface area contributed by atoms with Crippen LogP contribution < -0.4 is 15.8 Å². The highest BCUT2D eigenvalue weighted by molar-refractivity contribution is 6.30. The Morgan fingerprint density at radius 1 is 1.14 bits per heavy atom. The van der Waals surface area contributed by atoms with Crippen LogP contribution in [0.15, 0.2) is 53.5 Å². The molecule has 1 aliphatic heterocycles. The highest BCUT2D eigenvalue weighted by atomic mass is 35.5. The minimum Gasteiger partial charge on any atom is -0.384 e. The fraction of sp³-hybridized carbons (Fsp3) is 0.296. The molecule has 37 heavy (non-hydrogen) atoms. The van der Waals surface area contributed by atoms with Gasteiger partial charge in [-0.15, -0.1) is 11.6 Å². The van der Waals surface area contributed by atoms with Gasteiger partial charge in [0.25, 0.3) is 5.56 Å². The monoisotopic (exact) mass is 538 g/mol. The Bertz CT molecular complexity index is 1490. The van der Waals surface area contributed by atoms with Crippen LogP contribution in [-0.2, 0) is 11.2 Å². The molecule has 0 spiro atoms. The van der Waals surface area contributed by atoms with E-state index in [9.17, 15) is 9.59 Å². The summed E-state index contributed by atoms with van der Waals surface area (Å²) in [4.78, 5) is 39.8. The molecule has 0 radical (unpaired) electrons. The molecule has 1 saturated heterocycles. The van der Waals surface area contributed by atoms with E-state index in [1.807, 2.05) is 37.3 Å². The van der Waals surface area contributed by atoms with Crippen LogP contribution >= 0.6 is 23.2 Å². The maximum Gasteiger partial charge on any atom is 0.261 e. The SMILES string of the molecule is Cc1cc(N2CCN(C(=O)CCl)CC2)cc2[nH]c(-c3c(NCCc4cccc(Cl)c4)cc[nH]c3=O)nc12. The van der Waals surface area contributed by atoms with Crippen molar-refractivity contribution in [2.75, 3.05) is 48.8 Å². The van der Waals surface area contributed by atoms with E-state index in [-0.39, 0.29) is 17.3 Å². The number of rotatable bonds is 7. The average Bonchev–Trinajstić information content (AvgIpc) is 3.33. The molecule has 0 atom stereocenters. The summed E-state index contributed by atoms with van der Waals surface area (Å²) in [7, 11) is 0. The Balaban J connectivity index is 1.38. The molecule has 10 heteroatoms. The Labute approximate surface area is 224 Å². The molecule has 0 aliphatic carbocycles. The highest BCUT2D eigenvalue weighted by Gasteiger charge is 2.22. The van der Waals surface area contributed by atoms with Crippen molar-refractivity contribution in [1.82, 2.24) is 19.9 Å². The molecular formula is C27H28Cl2N6O2. The Kier molecular flexibility index (Phi) is 7.39. The summed E-state index contributed by atoms with van der Waals surface area (Å²) >= 11 is 11.8. The number of aromatic nitrogens is 3. The first-order valence-corrected chi connectivity index (χ1v) is 13.1. The second-order valence-corrected chi connectivity index (χ2v) is 9.85. The molecule has 8 nitrogen and oxygen atoms in total. The van der Waals surface area contributed by atoms with Gasteiger partial charge < -0.3 is 25.1 Å². The molecule has 2 aromatic carbocycles. The number of nitrogens with zero attached hydrogens (tertiary/aromatic N) is 3. The van der Waals surface area contributed by atoms with Gasteiger partial charge in [0, 0.05) is 49.6 Å². The topological polar surface area (TPSA) is 97.1 Å². The summed E-state index contributed by atoms with van der Waals surface area (Å²) in [6.07, 6.45) is 2.40. The standard InChI is InChI=1S/C27H28Cl2N6O2/c1-17-13-20(34-9-11-35(12-10-34)23(36)16-28)15-22-25(17)33-26(32-22)24-21(6-8-31-27(24)37)30-7-5-18-3-2-4-19(29)14-18/h2-4,6,8,13-15H,5,7,9-12,16H2,1H3,(H,32,33)(H2,30,31,37). The lowest BCUT2D eigenvalue weighted by Crippen LogP contribution is -2.49. The van der Waals surface area contributed by atoms with Crippen molar-refractivity contribution in [3.05, 3.63) is 75.2 Å². The van der Waals surface area contributed by atoms with Gasteiger partial charge in [-0.3, -0.25) is 9.59 Å². The minimum absolute atomic E-state index is 0.0120. The molecule has 2 aromatic heterocycles. The summed E-state index contributed by atoms with van der Waals surface area (Å²) in [6, 6.07) is 13.8. The van der Waals surface area contributed by atoms with Gasteiger partial charge in [0.15, 0.2) is 0 Å². The van der Waals surface area contributed by atoms with Gasteiger partial charge in [0.05, 0.1) is 16.7 Å². The summed E-state index contributed by atoms with van der Waals surface area (Å²) in [5.41, 5.74) is 5.83. The van der Waals surface area contributed by atoms with Gasteiger partial charge in [-0.1, -0.05) is 23.7 Å². The fourth-order valence-corrected chi connectivity index (χ4v) is 5.15. The van der Waals surface area contributed by atoms with Gasteiger partial charge in [-0.25, -0.2) is 4.98 Å². The number of aromatic amines is 2. The number of carbonyl (C=O) groups is 1. The van der Waals surface area contributed by atoms with E-state index in [1.54, 1.807) is 11.1 Å². The molecule has 1 amide bonds. The molecular weight excluding hydrogens is 511 g/mol. The van der Waals surface area contributed by atoms with E-state index >= 15 is 0 Å². The zero-order valence-electron chi connectivity index (χ0n) is 20.5. The van der Waals surface area contributed by atoms with Crippen LogP contribution in [-0.4, -0.2) is 64.4 Å². The quantitative estimate of drug-likeness (QED) is 0.302. The molecule has 192 valence electrons. The summed E-state index contributed by atoms with van der Waals surface area (Å²) in [6.45, 7) is 5.39. The van der Waals surface area contributed by atoms with E-state index in [1.165, 1.54) is 0 Å². The van der Waals surface area contributed by atoms with Crippen LogP contribution in [0.1, 0.15) is 11.1 Å². The van der Waals surface area contributed by atoms with E-state index in [0.29, 0.717) is 41.7 Å². The number of pyridine rings is 1. The Morgan fingerprint density at radius 3 is 2.70 bits per heavy atom. The molecule has 3 N–H and O–H groups in total. The predicted molar refractivity (Wildman–Crippen MR) is 150 cm³/mol. The summed E-state index contributed by atoms with van der Waals surface area (Å²) < 4.78 is 0. The van der Waals surface area contributed by atoms with Crippen LogP contribution in [0.3, 0.4) is 0 Å². The number of piperazine rings is 1. The summed E-state index contributed by atoms with van der Waals surface area (Å²) in [5, 5.41) is 4.09. The first-order valence-electron chi connectivity index (χ1n) is 12.2.